The molecule has 1 atom stereocenters. The van der Waals surface area contributed by atoms with Gasteiger partial charge in [0, 0.05) is 0 Å². The van der Waals surface area contributed by atoms with Gasteiger partial charge in [-0.2, -0.15) is 0 Å². The molecule has 0 nitrogen and oxygen atoms in total. The summed E-state index contributed by atoms with van der Waals surface area (Å²) < 4.78 is 0. The largest absolute Gasteiger partial charge is 0.0911 e. The minimum Gasteiger partial charge on any atom is -0.0911 e. The zero-order valence-corrected chi connectivity index (χ0v) is 7.44. The van der Waals surface area contributed by atoms with Gasteiger partial charge < -0.3 is 0 Å². The summed E-state index contributed by atoms with van der Waals surface area (Å²) in [6, 6.07) is 0. The van der Waals surface area contributed by atoms with E-state index in [0.717, 1.165) is 6.42 Å². The molecule has 0 saturated heterocycles. The normalized spacial score (nSPS) is 16.2. The van der Waals surface area contributed by atoms with Gasteiger partial charge in [0.2, 0.25) is 0 Å². The Bertz CT molecular complexity index is 129. The summed E-state index contributed by atoms with van der Waals surface area (Å²) >= 11 is 0. The molecule has 0 aromatic heterocycles. The van der Waals surface area contributed by atoms with E-state index in [2.05, 4.69) is 39.0 Å². The van der Waals surface area contributed by atoms with E-state index in [9.17, 15) is 0 Å². The minimum absolute atomic E-state index is 0.569. The highest BCUT2D eigenvalue weighted by Crippen LogP contribution is 2.14. The van der Waals surface area contributed by atoms with E-state index in [-0.39, 0.29) is 0 Å². The lowest BCUT2D eigenvalue weighted by molar-refractivity contribution is 0.799. The Hall–Kier alpha value is -0.520. The molecule has 0 aliphatic heterocycles. The van der Waals surface area contributed by atoms with Crippen molar-refractivity contribution in [2.75, 3.05) is 0 Å². The van der Waals surface area contributed by atoms with Crippen LogP contribution in [0.3, 0.4) is 0 Å². The third-order valence-corrected chi connectivity index (χ3v) is 1.73. The highest BCUT2D eigenvalue weighted by molar-refractivity contribution is 5.07. The molecule has 0 saturated carbocycles. The highest BCUT2D eigenvalue weighted by atomic mass is 14.0. The molecule has 0 bridgehead atoms. The Labute approximate surface area is 64.6 Å². The second-order valence-electron chi connectivity index (χ2n) is 2.44. The van der Waals surface area contributed by atoms with Crippen molar-refractivity contribution in [3.8, 4) is 0 Å². The van der Waals surface area contributed by atoms with Crippen LogP contribution in [0.4, 0.5) is 0 Å². The van der Waals surface area contributed by atoms with Crippen LogP contribution in [0.15, 0.2) is 17.7 Å². The first-order valence-electron chi connectivity index (χ1n) is 3.92. The van der Waals surface area contributed by atoms with E-state index in [0.29, 0.717) is 5.92 Å². The van der Waals surface area contributed by atoms with Crippen molar-refractivity contribution in [2.45, 2.75) is 34.1 Å². The molecule has 0 aliphatic rings. The van der Waals surface area contributed by atoms with Crippen LogP contribution in [0, 0.1) is 12.0 Å². The molecular weight excluding hydrogens is 120 g/mol. The van der Waals surface area contributed by atoms with Crippen LogP contribution in [0.5, 0.6) is 0 Å². The number of rotatable bonds is 3. The fraction of sp³-hybridized carbons (Fsp3) is 0.600. The average Bonchev–Trinajstić information content (AvgIpc) is 1.91. The van der Waals surface area contributed by atoms with Gasteiger partial charge in [-0.1, -0.05) is 31.6 Å². The first-order chi connectivity index (χ1) is 4.76. The van der Waals surface area contributed by atoms with E-state index in [1.165, 1.54) is 5.57 Å². The Morgan fingerprint density at radius 2 is 2.20 bits per heavy atom. The molecule has 0 heterocycles. The maximum Gasteiger partial charge on any atom is -0.00460 e. The van der Waals surface area contributed by atoms with Crippen LogP contribution in [-0.4, -0.2) is 0 Å². The molecule has 0 aromatic rings. The topological polar surface area (TPSA) is 0 Å². The Balaban J connectivity index is 4.03. The SMILES string of the molecule is C/[C]=C(\CC)C(C)C=CC. The molecule has 0 rings (SSSR count). The van der Waals surface area contributed by atoms with Gasteiger partial charge in [0.05, 0.1) is 0 Å². The first kappa shape index (κ1) is 9.48. The van der Waals surface area contributed by atoms with E-state index in [1.54, 1.807) is 0 Å². The molecule has 1 radical (unpaired) electrons. The van der Waals surface area contributed by atoms with Crippen molar-refractivity contribution >= 4 is 0 Å². The predicted molar refractivity (Wildman–Crippen MR) is 46.7 cm³/mol. The lowest BCUT2D eigenvalue weighted by Gasteiger charge is -2.07. The molecule has 0 spiro atoms. The zero-order chi connectivity index (χ0) is 7.98. The standard InChI is InChI=1S/C10H17/c1-5-8-9(4)10(6-2)7-3/h5,8-9H,6H2,1-4H3. The van der Waals surface area contributed by atoms with Crippen LogP contribution in [-0.2, 0) is 0 Å². The maximum atomic E-state index is 3.20. The van der Waals surface area contributed by atoms with Crippen molar-refractivity contribution < 1.29 is 0 Å². The summed E-state index contributed by atoms with van der Waals surface area (Å²) in [6.07, 6.45) is 8.61. The third-order valence-electron chi connectivity index (χ3n) is 1.73. The van der Waals surface area contributed by atoms with Crippen LogP contribution in [0.25, 0.3) is 0 Å². The fourth-order valence-electron chi connectivity index (χ4n) is 1.13. The summed E-state index contributed by atoms with van der Waals surface area (Å²) in [5, 5.41) is 0. The van der Waals surface area contributed by atoms with Crippen molar-refractivity contribution in [1.29, 1.82) is 0 Å². The second-order valence-corrected chi connectivity index (χ2v) is 2.44. The Morgan fingerprint density at radius 3 is 2.50 bits per heavy atom. The van der Waals surface area contributed by atoms with Gasteiger partial charge in [0.1, 0.15) is 0 Å². The number of hydrogen-bond acceptors (Lipinski definition) is 0. The second kappa shape index (κ2) is 5.28. The molecule has 0 amide bonds. The van der Waals surface area contributed by atoms with E-state index >= 15 is 0 Å². The zero-order valence-electron chi connectivity index (χ0n) is 7.44. The molecule has 0 aromatic carbocycles. The van der Waals surface area contributed by atoms with Crippen molar-refractivity contribution in [1.82, 2.24) is 0 Å². The molecular formula is C10H17. The summed E-state index contributed by atoms with van der Waals surface area (Å²) in [4.78, 5) is 0. The van der Waals surface area contributed by atoms with Crippen molar-refractivity contribution in [3.05, 3.63) is 23.8 Å². The first-order valence-corrected chi connectivity index (χ1v) is 3.92. The van der Waals surface area contributed by atoms with Gasteiger partial charge in [0.15, 0.2) is 0 Å². The molecule has 10 heavy (non-hydrogen) atoms. The van der Waals surface area contributed by atoms with E-state index in [1.807, 2.05) is 6.92 Å². The third kappa shape index (κ3) is 2.86. The monoisotopic (exact) mass is 137 g/mol. The Morgan fingerprint density at radius 1 is 1.60 bits per heavy atom. The van der Waals surface area contributed by atoms with Gasteiger partial charge in [0.25, 0.3) is 0 Å². The van der Waals surface area contributed by atoms with Crippen molar-refractivity contribution in [3.63, 3.8) is 0 Å². The molecule has 1 unspecified atom stereocenters. The molecule has 0 fully saturated rings. The summed E-state index contributed by atoms with van der Waals surface area (Å²) in [5.74, 6) is 0.569. The van der Waals surface area contributed by atoms with Crippen LogP contribution < -0.4 is 0 Å². The molecule has 0 N–H and O–H groups in total. The van der Waals surface area contributed by atoms with E-state index in [4.69, 9.17) is 0 Å². The van der Waals surface area contributed by atoms with Gasteiger partial charge >= 0.3 is 0 Å². The van der Waals surface area contributed by atoms with E-state index < -0.39 is 0 Å². The number of hydrogen-bond donors (Lipinski definition) is 0. The Kier molecular flexibility index (Phi) is 5.00. The van der Waals surface area contributed by atoms with Gasteiger partial charge in [-0.05, 0) is 32.3 Å². The predicted octanol–water partition coefficient (Wildman–Crippen LogP) is 3.36. The molecule has 0 aliphatic carbocycles. The van der Waals surface area contributed by atoms with Crippen LogP contribution >= 0.6 is 0 Å². The lowest BCUT2D eigenvalue weighted by atomic mass is 9.98. The van der Waals surface area contributed by atoms with Crippen molar-refractivity contribution in [2.24, 2.45) is 5.92 Å². The maximum absolute atomic E-state index is 3.20. The highest BCUT2D eigenvalue weighted by Gasteiger charge is 1.99. The van der Waals surface area contributed by atoms with Crippen LogP contribution in [0.1, 0.15) is 34.1 Å². The minimum atomic E-state index is 0.569. The smallest absolute Gasteiger partial charge is 0.00460 e. The number of allylic oxidation sites excluding steroid dienone is 4. The average molecular weight is 137 g/mol. The van der Waals surface area contributed by atoms with Gasteiger partial charge in [-0.15, -0.1) is 0 Å². The lowest BCUT2D eigenvalue weighted by Crippen LogP contribution is -1.93. The summed E-state index contributed by atoms with van der Waals surface area (Å²) in [5.41, 5.74) is 1.40. The fourth-order valence-corrected chi connectivity index (χ4v) is 1.13. The molecule has 57 valence electrons. The van der Waals surface area contributed by atoms with Crippen LogP contribution in [0.2, 0.25) is 0 Å². The summed E-state index contributed by atoms with van der Waals surface area (Å²) in [7, 11) is 0. The quantitative estimate of drug-likeness (QED) is 0.523. The summed E-state index contributed by atoms with van der Waals surface area (Å²) in [6.45, 7) is 8.42. The molecule has 0 heteroatoms. The van der Waals surface area contributed by atoms with Gasteiger partial charge in [-0.25, -0.2) is 0 Å². The van der Waals surface area contributed by atoms with Gasteiger partial charge in [-0.3, -0.25) is 0 Å².